The predicted molar refractivity (Wildman–Crippen MR) is 82.4 cm³/mol. The van der Waals surface area contributed by atoms with Gasteiger partial charge in [-0.3, -0.25) is 4.98 Å². The summed E-state index contributed by atoms with van der Waals surface area (Å²) in [5, 5.41) is 0. The topological polar surface area (TPSA) is 25.2 Å². The van der Waals surface area contributed by atoms with Crippen molar-refractivity contribution in [2.75, 3.05) is 0 Å². The van der Waals surface area contributed by atoms with Crippen LogP contribution in [-0.2, 0) is 0 Å². The molecule has 0 atom stereocenters. The number of aliphatic imine (C=N–C) groups is 1. The largest absolute Gasteiger partial charge is 0.255 e. The average molecular weight is 258 g/mol. The van der Waals surface area contributed by atoms with E-state index in [1.54, 1.807) is 6.20 Å². The molecule has 3 rings (SSSR count). The van der Waals surface area contributed by atoms with E-state index < -0.39 is 0 Å². The van der Waals surface area contributed by atoms with E-state index in [9.17, 15) is 0 Å². The molecule has 0 bridgehead atoms. The minimum absolute atomic E-state index is 0.877. The monoisotopic (exact) mass is 258 g/mol. The lowest BCUT2D eigenvalue weighted by molar-refractivity contribution is 1.28. The second-order valence-electron chi connectivity index (χ2n) is 4.38. The van der Waals surface area contributed by atoms with E-state index in [0.29, 0.717) is 0 Å². The maximum absolute atomic E-state index is 4.75. The summed E-state index contributed by atoms with van der Waals surface area (Å²) >= 11 is 0. The Morgan fingerprint density at radius 1 is 0.700 bits per heavy atom. The third-order valence-electron chi connectivity index (χ3n) is 2.95. The number of hydrogen-bond acceptors (Lipinski definition) is 2. The molecule has 0 spiro atoms. The second-order valence-corrected chi connectivity index (χ2v) is 4.38. The van der Waals surface area contributed by atoms with Gasteiger partial charge in [0.15, 0.2) is 0 Å². The van der Waals surface area contributed by atoms with E-state index >= 15 is 0 Å². The lowest BCUT2D eigenvalue weighted by Crippen LogP contribution is -2.04. The van der Waals surface area contributed by atoms with Gasteiger partial charge in [0.25, 0.3) is 0 Å². The molecule has 0 saturated heterocycles. The van der Waals surface area contributed by atoms with Crippen molar-refractivity contribution in [3.63, 3.8) is 0 Å². The summed E-state index contributed by atoms with van der Waals surface area (Å²) in [6.45, 7) is 0. The van der Waals surface area contributed by atoms with Crippen molar-refractivity contribution in [2.24, 2.45) is 4.99 Å². The van der Waals surface area contributed by atoms with Crippen LogP contribution in [0.15, 0.2) is 90.1 Å². The van der Waals surface area contributed by atoms with Crippen molar-refractivity contribution in [3.8, 4) is 0 Å². The van der Waals surface area contributed by atoms with Crippen LogP contribution < -0.4 is 0 Å². The fraction of sp³-hybridized carbons (Fsp3) is 0. The van der Waals surface area contributed by atoms with Gasteiger partial charge in [-0.15, -0.1) is 0 Å². The predicted octanol–water partition coefficient (Wildman–Crippen LogP) is 4.25. The molecule has 0 aliphatic carbocycles. The average Bonchev–Trinajstić information content (AvgIpc) is 2.55. The summed E-state index contributed by atoms with van der Waals surface area (Å²) < 4.78 is 0. The van der Waals surface area contributed by atoms with Crippen LogP contribution in [0.25, 0.3) is 0 Å². The number of benzene rings is 2. The summed E-state index contributed by atoms with van der Waals surface area (Å²) in [6.07, 6.45) is 1.79. The summed E-state index contributed by atoms with van der Waals surface area (Å²) in [5.41, 5.74) is 3.76. The minimum Gasteiger partial charge on any atom is -0.255 e. The molecule has 0 aliphatic heterocycles. The number of hydrogen-bond donors (Lipinski definition) is 0. The van der Waals surface area contributed by atoms with Gasteiger partial charge in [-0.05, 0) is 24.3 Å². The summed E-state index contributed by atoms with van der Waals surface area (Å²) in [7, 11) is 0. The molecule has 0 radical (unpaired) electrons. The molecule has 0 N–H and O–H groups in total. The van der Waals surface area contributed by atoms with Crippen molar-refractivity contribution >= 4 is 11.4 Å². The van der Waals surface area contributed by atoms with E-state index in [1.807, 2.05) is 66.7 Å². The molecule has 3 aromatic rings. The van der Waals surface area contributed by atoms with Gasteiger partial charge in [0.05, 0.1) is 17.1 Å². The molecule has 0 aliphatic rings. The number of para-hydroxylation sites is 1. The molecule has 0 fully saturated rings. The van der Waals surface area contributed by atoms with E-state index in [-0.39, 0.29) is 0 Å². The third-order valence-corrected chi connectivity index (χ3v) is 2.95. The van der Waals surface area contributed by atoms with Gasteiger partial charge >= 0.3 is 0 Å². The smallest absolute Gasteiger partial charge is 0.0965 e. The fourth-order valence-electron chi connectivity index (χ4n) is 2.00. The number of aromatic nitrogens is 1. The molecular formula is C18H14N2. The van der Waals surface area contributed by atoms with Crippen molar-refractivity contribution in [3.05, 3.63) is 96.3 Å². The molecule has 96 valence electrons. The molecule has 0 amide bonds. The van der Waals surface area contributed by atoms with Crippen LogP contribution in [-0.4, -0.2) is 10.7 Å². The van der Waals surface area contributed by atoms with Gasteiger partial charge in [0.1, 0.15) is 0 Å². The van der Waals surface area contributed by atoms with Gasteiger partial charge in [-0.2, -0.15) is 0 Å². The lowest BCUT2D eigenvalue weighted by Gasteiger charge is -2.06. The highest BCUT2D eigenvalue weighted by Crippen LogP contribution is 2.16. The highest BCUT2D eigenvalue weighted by molar-refractivity contribution is 6.12. The molecule has 20 heavy (non-hydrogen) atoms. The Hall–Kier alpha value is -2.74. The molecule has 0 unspecified atom stereocenters. The highest BCUT2D eigenvalue weighted by Gasteiger charge is 2.07. The lowest BCUT2D eigenvalue weighted by atomic mass is 10.1. The Morgan fingerprint density at radius 2 is 1.35 bits per heavy atom. The highest BCUT2D eigenvalue weighted by atomic mass is 14.8. The quantitative estimate of drug-likeness (QED) is 0.645. The van der Waals surface area contributed by atoms with Crippen LogP contribution in [0.1, 0.15) is 11.3 Å². The maximum Gasteiger partial charge on any atom is 0.0965 e. The van der Waals surface area contributed by atoms with E-state index in [4.69, 9.17) is 4.99 Å². The Labute approximate surface area is 118 Å². The van der Waals surface area contributed by atoms with Gasteiger partial charge in [-0.25, -0.2) is 4.99 Å². The van der Waals surface area contributed by atoms with Crippen molar-refractivity contribution < 1.29 is 0 Å². The van der Waals surface area contributed by atoms with Crippen LogP contribution in [0.4, 0.5) is 5.69 Å². The Kier molecular flexibility index (Phi) is 3.65. The molecule has 0 saturated carbocycles. The number of pyridine rings is 1. The Morgan fingerprint density at radius 3 is 2.00 bits per heavy atom. The first-order chi connectivity index (χ1) is 9.93. The summed E-state index contributed by atoms with van der Waals surface area (Å²) in [4.78, 5) is 9.17. The van der Waals surface area contributed by atoms with E-state index in [1.165, 1.54) is 0 Å². The SMILES string of the molecule is c1ccc(N=C(c2ccccc2)c2ccccn2)cc1. The Balaban J connectivity index is 2.12. The zero-order chi connectivity index (χ0) is 13.6. The molecule has 1 aromatic heterocycles. The summed E-state index contributed by atoms with van der Waals surface area (Å²) in [6, 6.07) is 25.9. The van der Waals surface area contributed by atoms with Crippen LogP contribution in [0.3, 0.4) is 0 Å². The molecule has 2 aromatic carbocycles. The standard InChI is InChI=1S/C18H14N2/c1-3-9-15(10-4-1)18(17-13-7-8-14-19-17)20-16-11-5-2-6-12-16/h1-14H. The first-order valence-corrected chi connectivity index (χ1v) is 6.54. The van der Waals surface area contributed by atoms with Crippen molar-refractivity contribution in [1.29, 1.82) is 0 Å². The van der Waals surface area contributed by atoms with Crippen LogP contribution in [0.2, 0.25) is 0 Å². The number of nitrogens with zero attached hydrogens (tertiary/aromatic N) is 2. The van der Waals surface area contributed by atoms with Crippen molar-refractivity contribution in [1.82, 2.24) is 4.98 Å². The normalized spacial score (nSPS) is 11.3. The molecular weight excluding hydrogens is 244 g/mol. The first-order valence-electron chi connectivity index (χ1n) is 6.54. The maximum atomic E-state index is 4.75. The van der Waals surface area contributed by atoms with E-state index in [0.717, 1.165) is 22.7 Å². The first kappa shape index (κ1) is 12.3. The van der Waals surface area contributed by atoms with Crippen LogP contribution >= 0.6 is 0 Å². The Bertz CT molecular complexity index is 648. The third kappa shape index (κ3) is 2.81. The number of rotatable bonds is 3. The fourth-order valence-corrected chi connectivity index (χ4v) is 2.00. The zero-order valence-corrected chi connectivity index (χ0v) is 11.0. The van der Waals surface area contributed by atoms with Crippen LogP contribution in [0.5, 0.6) is 0 Å². The van der Waals surface area contributed by atoms with Gasteiger partial charge in [-0.1, -0.05) is 54.6 Å². The summed E-state index contributed by atoms with van der Waals surface area (Å²) in [5.74, 6) is 0. The second kappa shape index (κ2) is 5.93. The molecule has 2 heteroatoms. The van der Waals surface area contributed by atoms with Gasteiger partial charge in [0.2, 0.25) is 0 Å². The van der Waals surface area contributed by atoms with Gasteiger partial charge in [0, 0.05) is 11.8 Å². The van der Waals surface area contributed by atoms with Crippen LogP contribution in [0, 0.1) is 0 Å². The molecule has 1 heterocycles. The zero-order valence-electron chi connectivity index (χ0n) is 11.0. The van der Waals surface area contributed by atoms with Gasteiger partial charge < -0.3 is 0 Å². The molecule has 2 nitrogen and oxygen atoms in total. The minimum atomic E-state index is 0.877. The van der Waals surface area contributed by atoms with Crippen molar-refractivity contribution in [2.45, 2.75) is 0 Å². The van der Waals surface area contributed by atoms with E-state index in [2.05, 4.69) is 17.1 Å².